The summed E-state index contributed by atoms with van der Waals surface area (Å²) in [7, 11) is 1.57. The summed E-state index contributed by atoms with van der Waals surface area (Å²) < 4.78 is 10.6. The summed E-state index contributed by atoms with van der Waals surface area (Å²) in [4.78, 5) is 30.2. The van der Waals surface area contributed by atoms with Crippen LogP contribution in [-0.2, 0) is 16.0 Å². The number of carbonyl (C=O) groups excluding carboxylic acids is 2. The zero-order valence-electron chi connectivity index (χ0n) is 15.7. The lowest BCUT2D eigenvalue weighted by Gasteiger charge is -2.11. The number of thiophene rings is 1. The monoisotopic (exact) mass is 399 g/mol. The molecule has 0 bridgehead atoms. The molecule has 0 radical (unpaired) electrons. The van der Waals surface area contributed by atoms with Crippen LogP contribution >= 0.6 is 11.3 Å². The zero-order valence-corrected chi connectivity index (χ0v) is 16.5. The largest absolute Gasteiger partial charge is 0.440 e. The number of methoxy groups -OCH3 is 1. The maximum Gasteiger partial charge on any atom is 0.253 e. The van der Waals surface area contributed by atoms with Crippen molar-refractivity contribution in [3.05, 3.63) is 58.8 Å². The molecule has 0 saturated heterocycles. The van der Waals surface area contributed by atoms with E-state index in [1.54, 1.807) is 38.3 Å². The predicted molar refractivity (Wildman–Crippen MR) is 108 cm³/mol. The van der Waals surface area contributed by atoms with Gasteiger partial charge in [0.15, 0.2) is 0 Å². The maximum absolute atomic E-state index is 12.5. The van der Waals surface area contributed by atoms with Gasteiger partial charge in [-0.15, -0.1) is 11.3 Å². The van der Waals surface area contributed by atoms with Crippen LogP contribution in [0.5, 0.6) is 0 Å². The molecule has 7 nitrogen and oxygen atoms in total. The number of aryl methyl sites for hydroxylation is 1. The highest BCUT2D eigenvalue weighted by atomic mass is 32.1. The van der Waals surface area contributed by atoms with Gasteiger partial charge in [-0.3, -0.25) is 9.59 Å². The summed E-state index contributed by atoms with van der Waals surface area (Å²) >= 11 is 1.52. The molecule has 3 aromatic rings. The molecule has 2 N–H and O–H groups in total. The van der Waals surface area contributed by atoms with E-state index in [0.717, 1.165) is 4.88 Å². The van der Waals surface area contributed by atoms with Crippen LogP contribution in [0.15, 0.2) is 46.2 Å². The molecule has 0 fully saturated rings. The van der Waals surface area contributed by atoms with Gasteiger partial charge in [0, 0.05) is 13.7 Å². The lowest BCUT2D eigenvalue weighted by molar-refractivity contribution is -0.115. The van der Waals surface area contributed by atoms with E-state index in [1.807, 2.05) is 17.5 Å². The van der Waals surface area contributed by atoms with Crippen molar-refractivity contribution >= 4 is 28.8 Å². The number of benzene rings is 1. The lowest BCUT2D eigenvalue weighted by atomic mass is 10.1. The van der Waals surface area contributed by atoms with E-state index in [1.165, 1.54) is 11.3 Å². The summed E-state index contributed by atoms with van der Waals surface area (Å²) in [5, 5.41) is 7.48. The Morgan fingerprint density at radius 1 is 1.21 bits per heavy atom. The van der Waals surface area contributed by atoms with Crippen LogP contribution in [0.25, 0.3) is 10.8 Å². The predicted octanol–water partition coefficient (Wildman–Crippen LogP) is 3.27. The highest BCUT2D eigenvalue weighted by molar-refractivity contribution is 7.13. The van der Waals surface area contributed by atoms with E-state index in [2.05, 4.69) is 15.6 Å². The van der Waals surface area contributed by atoms with Gasteiger partial charge >= 0.3 is 0 Å². The third kappa shape index (κ3) is 4.85. The summed E-state index contributed by atoms with van der Waals surface area (Å²) in [5.41, 5.74) is 1.41. The quantitative estimate of drug-likeness (QED) is 0.567. The van der Waals surface area contributed by atoms with E-state index in [-0.39, 0.29) is 18.2 Å². The third-order valence-corrected chi connectivity index (χ3v) is 4.85. The lowest BCUT2D eigenvalue weighted by Crippen LogP contribution is -2.28. The molecule has 8 heteroatoms. The number of amides is 2. The van der Waals surface area contributed by atoms with E-state index < -0.39 is 0 Å². The Kier molecular flexibility index (Phi) is 6.57. The SMILES string of the molecule is COCCNC(=O)c1ccccc1NC(=O)Cc1nc(-c2cccs2)oc1C. The van der Waals surface area contributed by atoms with Gasteiger partial charge in [0.1, 0.15) is 5.76 Å². The van der Waals surface area contributed by atoms with Gasteiger partial charge in [0.25, 0.3) is 5.91 Å². The smallest absolute Gasteiger partial charge is 0.253 e. The molecule has 28 heavy (non-hydrogen) atoms. The molecule has 0 aliphatic heterocycles. The second-order valence-electron chi connectivity index (χ2n) is 6.02. The Morgan fingerprint density at radius 2 is 2.04 bits per heavy atom. The van der Waals surface area contributed by atoms with Crippen LogP contribution in [0.4, 0.5) is 5.69 Å². The van der Waals surface area contributed by atoms with E-state index in [4.69, 9.17) is 9.15 Å². The van der Waals surface area contributed by atoms with Crippen LogP contribution in [0.1, 0.15) is 21.8 Å². The van der Waals surface area contributed by atoms with Crippen molar-refractivity contribution in [1.29, 1.82) is 0 Å². The fraction of sp³-hybridized carbons (Fsp3) is 0.250. The number of anilines is 1. The Bertz CT molecular complexity index is 950. The maximum atomic E-state index is 12.5. The molecular weight excluding hydrogens is 378 g/mol. The van der Waals surface area contributed by atoms with Gasteiger partial charge in [-0.05, 0) is 30.5 Å². The van der Waals surface area contributed by atoms with Crippen LogP contribution in [0.2, 0.25) is 0 Å². The minimum atomic E-state index is -0.273. The van der Waals surface area contributed by atoms with Crippen molar-refractivity contribution in [2.45, 2.75) is 13.3 Å². The number of nitrogens with one attached hydrogen (secondary N) is 2. The molecule has 2 aromatic heterocycles. The Balaban J connectivity index is 1.68. The average Bonchev–Trinajstić information content (AvgIpc) is 3.33. The molecule has 0 aliphatic carbocycles. The number of hydrogen-bond donors (Lipinski definition) is 2. The first-order valence-electron chi connectivity index (χ1n) is 8.74. The number of para-hydroxylation sites is 1. The Hall–Kier alpha value is -2.97. The minimum absolute atomic E-state index is 0.0559. The molecule has 1 aromatic carbocycles. The van der Waals surface area contributed by atoms with Gasteiger partial charge < -0.3 is 19.8 Å². The first-order valence-corrected chi connectivity index (χ1v) is 9.62. The Morgan fingerprint density at radius 3 is 2.79 bits per heavy atom. The van der Waals surface area contributed by atoms with E-state index in [9.17, 15) is 9.59 Å². The average molecular weight is 399 g/mol. The number of hydrogen-bond acceptors (Lipinski definition) is 6. The topological polar surface area (TPSA) is 93.5 Å². The summed E-state index contributed by atoms with van der Waals surface area (Å²) in [5.74, 6) is 0.564. The van der Waals surface area contributed by atoms with Crippen LogP contribution in [-0.4, -0.2) is 37.1 Å². The summed E-state index contributed by atoms with van der Waals surface area (Å²) in [6.45, 7) is 2.59. The van der Waals surface area contributed by atoms with Crippen molar-refractivity contribution in [2.75, 3.05) is 25.6 Å². The van der Waals surface area contributed by atoms with Gasteiger partial charge in [0.2, 0.25) is 11.8 Å². The molecule has 0 unspecified atom stereocenters. The van der Waals surface area contributed by atoms with Crippen molar-refractivity contribution in [1.82, 2.24) is 10.3 Å². The van der Waals surface area contributed by atoms with Crippen molar-refractivity contribution in [2.24, 2.45) is 0 Å². The van der Waals surface area contributed by atoms with E-state index in [0.29, 0.717) is 41.7 Å². The van der Waals surface area contributed by atoms with Gasteiger partial charge in [-0.2, -0.15) is 0 Å². The zero-order chi connectivity index (χ0) is 19.9. The number of ether oxygens (including phenoxy) is 1. The molecule has 146 valence electrons. The molecule has 2 amide bonds. The normalized spacial score (nSPS) is 10.6. The van der Waals surface area contributed by atoms with Crippen molar-refractivity contribution in [3.8, 4) is 10.8 Å². The van der Waals surface area contributed by atoms with Gasteiger partial charge in [-0.1, -0.05) is 18.2 Å². The fourth-order valence-corrected chi connectivity index (χ4v) is 3.25. The van der Waals surface area contributed by atoms with Gasteiger partial charge in [-0.25, -0.2) is 4.98 Å². The molecule has 0 spiro atoms. The highest BCUT2D eigenvalue weighted by Gasteiger charge is 2.17. The third-order valence-electron chi connectivity index (χ3n) is 3.99. The number of aromatic nitrogens is 1. The molecule has 2 heterocycles. The minimum Gasteiger partial charge on any atom is -0.440 e. The molecular formula is C20H21N3O4S. The first-order chi connectivity index (χ1) is 13.6. The number of carbonyl (C=O) groups is 2. The second kappa shape index (κ2) is 9.29. The molecule has 0 aliphatic rings. The van der Waals surface area contributed by atoms with Crippen LogP contribution in [0.3, 0.4) is 0 Å². The number of oxazole rings is 1. The first kappa shape index (κ1) is 19.8. The Labute approximate surface area is 166 Å². The van der Waals surface area contributed by atoms with Crippen LogP contribution < -0.4 is 10.6 Å². The highest BCUT2D eigenvalue weighted by Crippen LogP contribution is 2.26. The fourth-order valence-electron chi connectivity index (χ4n) is 2.60. The van der Waals surface area contributed by atoms with E-state index >= 15 is 0 Å². The summed E-state index contributed by atoms with van der Waals surface area (Å²) in [6.07, 6.45) is 0.0559. The number of nitrogens with zero attached hydrogens (tertiary/aromatic N) is 1. The van der Waals surface area contributed by atoms with Crippen molar-refractivity contribution < 1.29 is 18.7 Å². The standard InChI is InChI=1S/C20H21N3O4S/c1-13-16(23-20(27-13)17-8-5-11-28-17)12-18(24)22-15-7-4-3-6-14(15)19(25)21-9-10-26-2/h3-8,11H,9-10,12H2,1-2H3,(H,21,25)(H,22,24). The molecule has 0 saturated carbocycles. The van der Waals surface area contributed by atoms with Gasteiger partial charge in [0.05, 0.1) is 34.8 Å². The number of rotatable bonds is 8. The second-order valence-corrected chi connectivity index (χ2v) is 6.97. The summed E-state index contributed by atoms with van der Waals surface area (Å²) in [6, 6.07) is 10.7. The van der Waals surface area contributed by atoms with Crippen LogP contribution in [0, 0.1) is 6.92 Å². The molecule has 0 atom stereocenters. The molecule has 3 rings (SSSR count). The van der Waals surface area contributed by atoms with Crippen molar-refractivity contribution in [3.63, 3.8) is 0 Å².